The van der Waals surface area contributed by atoms with Crippen LogP contribution < -0.4 is 5.73 Å². The summed E-state index contributed by atoms with van der Waals surface area (Å²) >= 11 is 0. The zero-order valence-corrected chi connectivity index (χ0v) is 10.6. The van der Waals surface area contributed by atoms with Crippen LogP contribution in [-0.2, 0) is 11.2 Å². The topological polar surface area (TPSA) is 65.2 Å². The molecule has 0 bridgehead atoms. The number of benzene rings is 1. The highest BCUT2D eigenvalue weighted by Crippen LogP contribution is 2.24. The number of carbonyl (C=O) groups is 1. The highest BCUT2D eigenvalue weighted by Gasteiger charge is 2.14. The third-order valence-electron chi connectivity index (χ3n) is 2.88. The van der Waals surface area contributed by atoms with Gasteiger partial charge in [0.1, 0.15) is 5.56 Å². The molecule has 0 saturated heterocycles. The van der Waals surface area contributed by atoms with Gasteiger partial charge in [0.25, 0.3) is 0 Å². The molecule has 1 aromatic carbocycles. The molecule has 0 aliphatic rings. The van der Waals surface area contributed by atoms with E-state index >= 15 is 0 Å². The Balaban J connectivity index is 2.58. The minimum absolute atomic E-state index is 0.325. The Morgan fingerprint density at radius 1 is 1.39 bits per heavy atom. The highest BCUT2D eigenvalue weighted by molar-refractivity contribution is 6.04. The van der Waals surface area contributed by atoms with Crippen LogP contribution >= 0.6 is 0 Å². The second-order valence-corrected chi connectivity index (χ2v) is 4.01. The highest BCUT2D eigenvalue weighted by atomic mass is 16.5. The molecule has 2 aromatic rings. The third kappa shape index (κ3) is 2.14. The number of esters is 1. The van der Waals surface area contributed by atoms with Gasteiger partial charge in [0.05, 0.1) is 17.8 Å². The van der Waals surface area contributed by atoms with Crippen LogP contribution in [0.2, 0.25) is 0 Å². The number of fused-ring (bicyclic) bond motifs is 1. The van der Waals surface area contributed by atoms with Crippen LogP contribution in [0.3, 0.4) is 0 Å². The van der Waals surface area contributed by atoms with E-state index in [0.717, 1.165) is 22.9 Å². The van der Waals surface area contributed by atoms with Gasteiger partial charge in [0.2, 0.25) is 0 Å². The van der Waals surface area contributed by atoms with E-state index in [1.54, 1.807) is 6.92 Å². The molecule has 0 radical (unpaired) electrons. The van der Waals surface area contributed by atoms with Gasteiger partial charge in [-0.05, 0) is 31.0 Å². The summed E-state index contributed by atoms with van der Waals surface area (Å²) in [4.78, 5) is 16.0. The molecule has 18 heavy (non-hydrogen) atoms. The van der Waals surface area contributed by atoms with Gasteiger partial charge >= 0.3 is 5.97 Å². The Labute approximate surface area is 106 Å². The van der Waals surface area contributed by atoms with Crippen molar-refractivity contribution >= 4 is 22.6 Å². The van der Waals surface area contributed by atoms with Gasteiger partial charge in [-0.2, -0.15) is 0 Å². The van der Waals surface area contributed by atoms with Crippen LogP contribution in [-0.4, -0.2) is 17.6 Å². The Morgan fingerprint density at radius 3 is 2.83 bits per heavy atom. The second-order valence-electron chi connectivity index (χ2n) is 4.01. The predicted molar refractivity (Wildman–Crippen MR) is 71.5 cm³/mol. The normalized spacial score (nSPS) is 10.6. The lowest BCUT2D eigenvalue weighted by atomic mass is 10.1. The minimum atomic E-state index is -0.425. The largest absolute Gasteiger partial charge is 0.462 e. The van der Waals surface area contributed by atoms with Gasteiger partial charge in [0, 0.05) is 11.6 Å². The maximum atomic E-state index is 11.7. The molecule has 0 aliphatic heterocycles. The Kier molecular flexibility index (Phi) is 3.46. The number of nitrogen functional groups attached to an aromatic ring is 1. The third-order valence-corrected chi connectivity index (χ3v) is 2.88. The van der Waals surface area contributed by atoms with Crippen LogP contribution in [0.1, 0.15) is 29.8 Å². The van der Waals surface area contributed by atoms with Gasteiger partial charge < -0.3 is 10.5 Å². The first-order chi connectivity index (χ1) is 8.67. The summed E-state index contributed by atoms with van der Waals surface area (Å²) in [6.45, 7) is 4.16. The molecule has 2 rings (SSSR count). The van der Waals surface area contributed by atoms with Gasteiger partial charge in [-0.3, -0.25) is 4.98 Å². The van der Waals surface area contributed by atoms with Gasteiger partial charge in [-0.1, -0.05) is 13.0 Å². The fraction of sp³-hybridized carbons (Fsp3) is 0.286. The summed E-state index contributed by atoms with van der Waals surface area (Å²) in [7, 11) is 0. The first-order valence-corrected chi connectivity index (χ1v) is 6.01. The molecular weight excluding hydrogens is 228 g/mol. The monoisotopic (exact) mass is 244 g/mol. The van der Waals surface area contributed by atoms with Crippen LogP contribution in [0.25, 0.3) is 10.9 Å². The number of pyridine rings is 1. The van der Waals surface area contributed by atoms with E-state index in [-0.39, 0.29) is 0 Å². The quantitative estimate of drug-likeness (QED) is 0.843. The Morgan fingerprint density at radius 2 is 2.17 bits per heavy atom. The molecular formula is C14H16N2O2. The van der Waals surface area contributed by atoms with Crippen molar-refractivity contribution in [1.82, 2.24) is 4.98 Å². The molecule has 0 fully saturated rings. The molecule has 4 nitrogen and oxygen atoms in total. The molecule has 0 unspecified atom stereocenters. The van der Waals surface area contributed by atoms with E-state index in [0.29, 0.717) is 17.9 Å². The van der Waals surface area contributed by atoms with Crippen LogP contribution in [0.4, 0.5) is 5.69 Å². The Bertz CT molecular complexity index is 594. The van der Waals surface area contributed by atoms with Gasteiger partial charge in [0.15, 0.2) is 0 Å². The molecule has 0 saturated carbocycles. The van der Waals surface area contributed by atoms with Crippen LogP contribution in [0, 0.1) is 0 Å². The number of hydrogen-bond acceptors (Lipinski definition) is 4. The summed E-state index contributed by atoms with van der Waals surface area (Å²) in [5, 5.41) is 0.805. The number of nitrogens with two attached hydrogens (primary N) is 1. The summed E-state index contributed by atoms with van der Waals surface area (Å²) in [6, 6.07) is 5.90. The van der Waals surface area contributed by atoms with E-state index in [4.69, 9.17) is 10.5 Å². The average molecular weight is 244 g/mol. The van der Waals surface area contributed by atoms with Gasteiger partial charge in [-0.25, -0.2) is 4.79 Å². The van der Waals surface area contributed by atoms with E-state index < -0.39 is 5.97 Å². The van der Waals surface area contributed by atoms with Crippen molar-refractivity contribution in [2.24, 2.45) is 0 Å². The van der Waals surface area contributed by atoms with Crippen molar-refractivity contribution in [3.05, 3.63) is 35.5 Å². The zero-order valence-electron chi connectivity index (χ0n) is 10.6. The first kappa shape index (κ1) is 12.4. The van der Waals surface area contributed by atoms with Crippen molar-refractivity contribution in [3.8, 4) is 0 Å². The molecule has 0 aliphatic carbocycles. The fourth-order valence-corrected chi connectivity index (χ4v) is 1.85. The zero-order chi connectivity index (χ0) is 13.1. The van der Waals surface area contributed by atoms with Crippen molar-refractivity contribution in [3.63, 3.8) is 0 Å². The number of hydrogen-bond donors (Lipinski definition) is 1. The second kappa shape index (κ2) is 5.04. The summed E-state index contributed by atoms with van der Waals surface area (Å²) in [5.74, 6) is -0.425. The van der Waals surface area contributed by atoms with E-state index in [1.165, 1.54) is 6.20 Å². The summed E-state index contributed by atoms with van der Waals surface area (Å²) in [5.41, 5.74) is 8.76. The number of aromatic nitrogens is 1. The van der Waals surface area contributed by atoms with E-state index in [2.05, 4.69) is 11.9 Å². The standard InChI is InChI=1S/C14H16N2O2/c1-3-9-5-6-12-10(7-9)13(15)11(8-16-12)14(17)18-4-2/h5-8H,3-4H2,1-2H3,(H2,15,16). The SMILES string of the molecule is CCOC(=O)c1cnc2ccc(CC)cc2c1N. The van der Waals surface area contributed by atoms with Crippen molar-refractivity contribution in [2.75, 3.05) is 12.3 Å². The average Bonchev–Trinajstić information content (AvgIpc) is 2.39. The molecule has 1 heterocycles. The number of aryl methyl sites for hydroxylation is 1. The first-order valence-electron chi connectivity index (χ1n) is 6.01. The molecule has 0 amide bonds. The Hall–Kier alpha value is -2.10. The number of ether oxygens (including phenoxy) is 1. The van der Waals surface area contributed by atoms with E-state index in [1.807, 2.05) is 18.2 Å². The van der Waals surface area contributed by atoms with Crippen LogP contribution in [0.15, 0.2) is 24.4 Å². The van der Waals surface area contributed by atoms with E-state index in [9.17, 15) is 4.79 Å². The molecule has 2 N–H and O–H groups in total. The van der Waals surface area contributed by atoms with Crippen molar-refractivity contribution < 1.29 is 9.53 Å². The maximum absolute atomic E-state index is 11.7. The summed E-state index contributed by atoms with van der Waals surface area (Å²) < 4.78 is 4.96. The minimum Gasteiger partial charge on any atom is -0.462 e. The smallest absolute Gasteiger partial charge is 0.341 e. The maximum Gasteiger partial charge on any atom is 0.341 e. The number of nitrogens with zero attached hydrogens (tertiary/aromatic N) is 1. The van der Waals surface area contributed by atoms with Gasteiger partial charge in [-0.15, -0.1) is 0 Å². The number of rotatable bonds is 3. The van der Waals surface area contributed by atoms with Crippen molar-refractivity contribution in [2.45, 2.75) is 20.3 Å². The lowest BCUT2D eigenvalue weighted by Gasteiger charge is -2.08. The molecule has 0 atom stereocenters. The number of anilines is 1. The fourth-order valence-electron chi connectivity index (χ4n) is 1.85. The molecule has 1 aromatic heterocycles. The lowest BCUT2D eigenvalue weighted by Crippen LogP contribution is -2.09. The molecule has 0 spiro atoms. The molecule has 4 heteroatoms. The number of carbonyl (C=O) groups excluding carboxylic acids is 1. The van der Waals surface area contributed by atoms with Crippen molar-refractivity contribution in [1.29, 1.82) is 0 Å². The predicted octanol–water partition coefficient (Wildman–Crippen LogP) is 2.56. The van der Waals surface area contributed by atoms with Crippen LogP contribution in [0.5, 0.6) is 0 Å². The lowest BCUT2D eigenvalue weighted by molar-refractivity contribution is 0.0527. The summed E-state index contributed by atoms with van der Waals surface area (Å²) in [6.07, 6.45) is 2.39. The molecule has 94 valence electrons.